The molecule has 76 valence electrons. The van der Waals surface area contributed by atoms with Crippen molar-refractivity contribution in [1.82, 2.24) is 5.32 Å². The van der Waals surface area contributed by atoms with Crippen LogP contribution in [0.15, 0.2) is 24.3 Å². The molecule has 1 unspecified atom stereocenters. The number of hydrogen-bond acceptors (Lipinski definition) is 3. The molecule has 1 saturated heterocycles. The van der Waals surface area contributed by atoms with Crippen molar-refractivity contribution in [3.63, 3.8) is 0 Å². The van der Waals surface area contributed by atoms with Gasteiger partial charge in [-0.2, -0.15) is 0 Å². The van der Waals surface area contributed by atoms with Crippen LogP contribution in [0.25, 0.3) is 0 Å². The van der Waals surface area contributed by atoms with Gasteiger partial charge in [-0.05, 0) is 19.1 Å². The molecule has 1 fully saturated rings. The van der Waals surface area contributed by atoms with Gasteiger partial charge in [0.15, 0.2) is 0 Å². The van der Waals surface area contributed by atoms with E-state index in [1.165, 1.54) is 0 Å². The first-order valence-electron chi connectivity index (χ1n) is 5.04. The molecule has 1 aliphatic rings. The number of nitrogens with zero attached hydrogens (tertiary/aromatic N) is 1. The minimum Gasteiger partial charge on any atom is -0.506 e. The van der Waals surface area contributed by atoms with Crippen molar-refractivity contribution in [2.45, 2.75) is 13.0 Å². The molecule has 1 aromatic rings. The summed E-state index contributed by atoms with van der Waals surface area (Å²) in [6.07, 6.45) is 0. The van der Waals surface area contributed by atoms with Crippen molar-refractivity contribution in [2.75, 3.05) is 24.5 Å². The number of piperazine rings is 1. The van der Waals surface area contributed by atoms with E-state index in [9.17, 15) is 5.11 Å². The number of hydrogen-bond donors (Lipinski definition) is 2. The van der Waals surface area contributed by atoms with Gasteiger partial charge in [0.2, 0.25) is 0 Å². The Bertz CT molecular complexity index is 314. The highest BCUT2D eigenvalue weighted by atomic mass is 16.3. The van der Waals surface area contributed by atoms with E-state index in [0.717, 1.165) is 25.3 Å². The largest absolute Gasteiger partial charge is 0.506 e. The number of nitrogens with one attached hydrogen (secondary N) is 1. The van der Waals surface area contributed by atoms with E-state index in [0.29, 0.717) is 11.8 Å². The van der Waals surface area contributed by atoms with Crippen LogP contribution in [0.2, 0.25) is 0 Å². The standard InChI is InChI=1S/C11H16N2O/c1-9-8-12-6-7-13(9)10-4-2-3-5-11(10)14/h2-5,9,12,14H,6-8H2,1H3. The Labute approximate surface area is 84.4 Å². The Morgan fingerprint density at radius 3 is 2.93 bits per heavy atom. The summed E-state index contributed by atoms with van der Waals surface area (Å²) in [5.41, 5.74) is 0.946. The lowest BCUT2D eigenvalue weighted by Gasteiger charge is -2.36. The Hall–Kier alpha value is -1.22. The van der Waals surface area contributed by atoms with Gasteiger partial charge >= 0.3 is 0 Å². The van der Waals surface area contributed by atoms with Gasteiger partial charge in [0.25, 0.3) is 0 Å². The fourth-order valence-electron chi connectivity index (χ4n) is 1.91. The number of para-hydroxylation sites is 2. The lowest BCUT2D eigenvalue weighted by atomic mass is 10.1. The van der Waals surface area contributed by atoms with Crippen LogP contribution in [0.4, 0.5) is 5.69 Å². The summed E-state index contributed by atoms with van der Waals surface area (Å²) in [4.78, 5) is 2.24. The zero-order valence-electron chi connectivity index (χ0n) is 8.40. The zero-order valence-corrected chi connectivity index (χ0v) is 8.40. The number of aromatic hydroxyl groups is 1. The summed E-state index contributed by atoms with van der Waals surface area (Å²) in [7, 11) is 0. The fraction of sp³-hybridized carbons (Fsp3) is 0.455. The first-order chi connectivity index (χ1) is 6.79. The third-order valence-corrected chi connectivity index (χ3v) is 2.69. The maximum atomic E-state index is 9.72. The fourth-order valence-corrected chi connectivity index (χ4v) is 1.91. The summed E-state index contributed by atoms with van der Waals surface area (Å²) >= 11 is 0. The van der Waals surface area contributed by atoms with Gasteiger partial charge in [-0.15, -0.1) is 0 Å². The average Bonchev–Trinajstić information content (AvgIpc) is 2.20. The second-order valence-electron chi connectivity index (χ2n) is 3.74. The van der Waals surface area contributed by atoms with Gasteiger partial charge in [-0.3, -0.25) is 0 Å². The van der Waals surface area contributed by atoms with E-state index in [4.69, 9.17) is 0 Å². The summed E-state index contributed by atoms with van der Waals surface area (Å²) in [5.74, 6) is 0.376. The van der Waals surface area contributed by atoms with Crippen LogP contribution >= 0.6 is 0 Å². The van der Waals surface area contributed by atoms with Crippen LogP contribution in [0.5, 0.6) is 5.75 Å². The Balaban J connectivity index is 2.25. The molecule has 1 aliphatic heterocycles. The molecule has 3 nitrogen and oxygen atoms in total. The second kappa shape index (κ2) is 3.88. The second-order valence-corrected chi connectivity index (χ2v) is 3.74. The monoisotopic (exact) mass is 192 g/mol. The van der Waals surface area contributed by atoms with Gasteiger partial charge in [0.1, 0.15) is 5.75 Å². The molecule has 0 spiro atoms. The van der Waals surface area contributed by atoms with Gasteiger partial charge in [-0.25, -0.2) is 0 Å². The normalized spacial score (nSPS) is 22.4. The maximum absolute atomic E-state index is 9.72. The van der Waals surface area contributed by atoms with Crippen molar-refractivity contribution < 1.29 is 5.11 Å². The maximum Gasteiger partial charge on any atom is 0.138 e. The predicted octanol–water partition coefficient (Wildman–Crippen LogP) is 1.19. The first-order valence-corrected chi connectivity index (χ1v) is 5.04. The predicted molar refractivity (Wildman–Crippen MR) is 57.8 cm³/mol. The quantitative estimate of drug-likeness (QED) is 0.701. The topological polar surface area (TPSA) is 35.5 Å². The summed E-state index contributed by atoms with van der Waals surface area (Å²) in [5, 5.41) is 13.0. The van der Waals surface area contributed by atoms with Gasteiger partial charge < -0.3 is 15.3 Å². The number of phenolic OH excluding ortho intramolecular Hbond substituents is 1. The molecule has 0 aromatic heterocycles. The molecule has 14 heavy (non-hydrogen) atoms. The highest BCUT2D eigenvalue weighted by Crippen LogP contribution is 2.28. The third-order valence-electron chi connectivity index (χ3n) is 2.69. The van der Waals surface area contributed by atoms with Crippen LogP contribution in [0, 0.1) is 0 Å². The van der Waals surface area contributed by atoms with Crippen LogP contribution in [0.3, 0.4) is 0 Å². The Kier molecular flexibility index (Phi) is 2.59. The minimum absolute atomic E-state index is 0.376. The lowest BCUT2D eigenvalue weighted by Crippen LogP contribution is -2.49. The average molecular weight is 192 g/mol. The van der Waals surface area contributed by atoms with Crippen molar-refractivity contribution in [3.8, 4) is 5.75 Å². The van der Waals surface area contributed by atoms with Crippen LogP contribution in [-0.4, -0.2) is 30.8 Å². The van der Waals surface area contributed by atoms with E-state index in [2.05, 4.69) is 17.1 Å². The SMILES string of the molecule is CC1CNCCN1c1ccccc1O. The molecule has 0 aliphatic carbocycles. The van der Waals surface area contributed by atoms with E-state index >= 15 is 0 Å². The lowest BCUT2D eigenvalue weighted by molar-refractivity contribution is 0.457. The Morgan fingerprint density at radius 2 is 2.21 bits per heavy atom. The molecule has 3 heteroatoms. The van der Waals surface area contributed by atoms with Crippen molar-refractivity contribution >= 4 is 5.69 Å². The van der Waals surface area contributed by atoms with Crippen molar-refractivity contribution in [1.29, 1.82) is 0 Å². The van der Waals surface area contributed by atoms with E-state index in [-0.39, 0.29) is 0 Å². The molecule has 2 N–H and O–H groups in total. The van der Waals surface area contributed by atoms with Crippen molar-refractivity contribution in [2.24, 2.45) is 0 Å². The number of rotatable bonds is 1. The molecule has 0 amide bonds. The zero-order chi connectivity index (χ0) is 9.97. The summed E-state index contributed by atoms with van der Waals surface area (Å²) in [6, 6.07) is 7.97. The van der Waals surface area contributed by atoms with Crippen LogP contribution in [-0.2, 0) is 0 Å². The molecular formula is C11H16N2O. The molecule has 0 radical (unpaired) electrons. The van der Waals surface area contributed by atoms with Gasteiger partial charge in [0, 0.05) is 25.7 Å². The van der Waals surface area contributed by atoms with Crippen LogP contribution < -0.4 is 10.2 Å². The van der Waals surface area contributed by atoms with E-state index in [1.54, 1.807) is 6.07 Å². The minimum atomic E-state index is 0.376. The molecule has 0 bridgehead atoms. The molecular weight excluding hydrogens is 176 g/mol. The van der Waals surface area contributed by atoms with Crippen molar-refractivity contribution in [3.05, 3.63) is 24.3 Å². The Morgan fingerprint density at radius 1 is 1.43 bits per heavy atom. The molecule has 0 saturated carbocycles. The molecule has 1 heterocycles. The molecule has 1 aromatic carbocycles. The first kappa shape index (κ1) is 9.34. The molecule has 2 rings (SSSR count). The smallest absolute Gasteiger partial charge is 0.138 e. The summed E-state index contributed by atoms with van der Waals surface area (Å²) < 4.78 is 0. The molecule has 1 atom stereocenters. The van der Waals surface area contributed by atoms with Gasteiger partial charge in [0.05, 0.1) is 5.69 Å². The van der Waals surface area contributed by atoms with E-state index in [1.807, 2.05) is 18.2 Å². The number of benzene rings is 1. The van der Waals surface area contributed by atoms with E-state index < -0.39 is 0 Å². The number of anilines is 1. The highest BCUT2D eigenvalue weighted by Gasteiger charge is 2.19. The highest BCUT2D eigenvalue weighted by molar-refractivity contribution is 5.58. The van der Waals surface area contributed by atoms with Gasteiger partial charge in [-0.1, -0.05) is 12.1 Å². The third kappa shape index (κ3) is 1.68. The summed E-state index contributed by atoms with van der Waals surface area (Å²) in [6.45, 7) is 5.09. The number of phenols is 1. The van der Waals surface area contributed by atoms with Crippen LogP contribution in [0.1, 0.15) is 6.92 Å².